The summed E-state index contributed by atoms with van der Waals surface area (Å²) < 4.78 is 11.1. The fourth-order valence-electron chi connectivity index (χ4n) is 2.16. The van der Waals surface area contributed by atoms with Gasteiger partial charge in [0.2, 0.25) is 0 Å². The Labute approximate surface area is 99.9 Å². The molecule has 0 aliphatic carbocycles. The maximum absolute atomic E-state index is 5.69. The Morgan fingerprint density at radius 2 is 2.00 bits per heavy atom. The van der Waals surface area contributed by atoms with Crippen LogP contribution in [-0.2, 0) is 9.47 Å². The topological polar surface area (TPSA) is 30.5 Å². The highest BCUT2D eigenvalue weighted by molar-refractivity contribution is 4.78. The molecule has 1 saturated heterocycles. The van der Waals surface area contributed by atoms with E-state index in [1.165, 1.54) is 19.3 Å². The van der Waals surface area contributed by atoms with Gasteiger partial charge in [-0.3, -0.25) is 0 Å². The van der Waals surface area contributed by atoms with Gasteiger partial charge in [-0.2, -0.15) is 0 Å². The molecule has 96 valence electrons. The second kappa shape index (κ2) is 8.97. The molecule has 1 atom stereocenters. The zero-order valence-electron chi connectivity index (χ0n) is 10.8. The Balaban J connectivity index is 2.28. The molecule has 0 aromatic rings. The van der Waals surface area contributed by atoms with E-state index in [0.29, 0.717) is 6.04 Å². The predicted molar refractivity (Wildman–Crippen MR) is 66.7 cm³/mol. The van der Waals surface area contributed by atoms with Gasteiger partial charge in [0.25, 0.3) is 0 Å². The van der Waals surface area contributed by atoms with Gasteiger partial charge in [0.15, 0.2) is 0 Å². The molecule has 1 N–H and O–H groups in total. The zero-order chi connectivity index (χ0) is 11.6. The van der Waals surface area contributed by atoms with Gasteiger partial charge in [0, 0.05) is 25.9 Å². The first-order valence-corrected chi connectivity index (χ1v) is 6.77. The van der Waals surface area contributed by atoms with Crippen molar-refractivity contribution in [2.75, 3.05) is 33.0 Å². The lowest BCUT2D eigenvalue weighted by atomic mass is 9.92. The lowest BCUT2D eigenvalue weighted by Crippen LogP contribution is -2.42. The molecule has 0 bridgehead atoms. The summed E-state index contributed by atoms with van der Waals surface area (Å²) in [6, 6.07) is 0.524. The van der Waals surface area contributed by atoms with E-state index in [-0.39, 0.29) is 0 Å². The molecule has 1 unspecified atom stereocenters. The maximum atomic E-state index is 5.69. The average Bonchev–Trinajstić information content (AvgIpc) is 2.35. The Morgan fingerprint density at radius 3 is 2.62 bits per heavy atom. The van der Waals surface area contributed by atoms with E-state index in [2.05, 4.69) is 19.2 Å². The summed E-state index contributed by atoms with van der Waals surface area (Å²) in [6.07, 6.45) is 4.65. The van der Waals surface area contributed by atoms with Gasteiger partial charge >= 0.3 is 0 Å². The van der Waals surface area contributed by atoms with Crippen molar-refractivity contribution in [1.82, 2.24) is 5.32 Å². The molecule has 0 amide bonds. The van der Waals surface area contributed by atoms with Crippen LogP contribution in [0.2, 0.25) is 0 Å². The van der Waals surface area contributed by atoms with Gasteiger partial charge in [-0.1, -0.05) is 13.8 Å². The second-order valence-corrected chi connectivity index (χ2v) is 4.59. The van der Waals surface area contributed by atoms with Crippen molar-refractivity contribution in [3.8, 4) is 0 Å². The van der Waals surface area contributed by atoms with Gasteiger partial charge in [0.1, 0.15) is 0 Å². The molecule has 0 radical (unpaired) electrons. The van der Waals surface area contributed by atoms with E-state index in [0.717, 1.165) is 45.3 Å². The first kappa shape index (κ1) is 13.9. The minimum atomic E-state index is 0.524. The van der Waals surface area contributed by atoms with E-state index in [1.54, 1.807) is 0 Å². The molecule has 1 fully saturated rings. The lowest BCUT2D eigenvalue weighted by molar-refractivity contribution is 0.0289. The molecular weight excluding hydrogens is 202 g/mol. The third-order valence-corrected chi connectivity index (χ3v) is 3.14. The lowest BCUT2D eigenvalue weighted by Gasteiger charge is -2.31. The second-order valence-electron chi connectivity index (χ2n) is 4.59. The summed E-state index contributed by atoms with van der Waals surface area (Å²) in [5.74, 6) is 0.733. The summed E-state index contributed by atoms with van der Waals surface area (Å²) in [6.45, 7) is 9.04. The number of nitrogens with one attached hydrogen (secondary N) is 1. The van der Waals surface area contributed by atoms with Crippen molar-refractivity contribution in [2.24, 2.45) is 5.92 Å². The van der Waals surface area contributed by atoms with E-state index in [9.17, 15) is 0 Å². The average molecular weight is 229 g/mol. The van der Waals surface area contributed by atoms with Crippen LogP contribution in [0.1, 0.15) is 39.5 Å². The van der Waals surface area contributed by atoms with Crippen LogP contribution in [0, 0.1) is 5.92 Å². The fourth-order valence-corrected chi connectivity index (χ4v) is 2.16. The Kier molecular flexibility index (Phi) is 7.81. The van der Waals surface area contributed by atoms with Crippen molar-refractivity contribution in [3.63, 3.8) is 0 Å². The summed E-state index contributed by atoms with van der Waals surface area (Å²) >= 11 is 0. The molecule has 0 aromatic carbocycles. The molecule has 1 rings (SSSR count). The fraction of sp³-hybridized carbons (Fsp3) is 1.00. The molecule has 16 heavy (non-hydrogen) atoms. The minimum absolute atomic E-state index is 0.524. The molecule has 3 nitrogen and oxygen atoms in total. The molecule has 0 aromatic heterocycles. The molecule has 1 aliphatic rings. The van der Waals surface area contributed by atoms with Crippen molar-refractivity contribution >= 4 is 0 Å². The van der Waals surface area contributed by atoms with Crippen LogP contribution >= 0.6 is 0 Å². The van der Waals surface area contributed by atoms with E-state index >= 15 is 0 Å². The Morgan fingerprint density at radius 1 is 1.25 bits per heavy atom. The van der Waals surface area contributed by atoms with Gasteiger partial charge in [-0.25, -0.2) is 0 Å². The largest absolute Gasteiger partial charge is 0.381 e. The van der Waals surface area contributed by atoms with Gasteiger partial charge < -0.3 is 14.8 Å². The summed E-state index contributed by atoms with van der Waals surface area (Å²) in [5, 5.41) is 3.62. The SMILES string of the molecule is CCCNC(COCCC)C1CCOCC1. The third-order valence-electron chi connectivity index (χ3n) is 3.14. The smallest absolute Gasteiger partial charge is 0.0622 e. The Bertz CT molecular complexity index is 158. The molecule has 0 saturated carbocycles. The van der Waals surface area contributed by atoms with Crippen LogP contribution in [0.25, 0.3) is 0 Å². The van der Waals surface area contributed by atoms with Crippen LogP contribution in [0.4, 0.5) is 0 Å². The van der Waals surface area contributed by atoms with Crippen molar-refractivity contribution in [2.45, 2.75) is 45.6 Å². The quantitative estimate of drug-likeness (QED) is 0.647. The molecule has 0 spiro atoms. The van der Waals surface area contributed by atoms with Crippen LogP contribution in [-0.4, -0.2) is 39.0 Å². The first-order chi connectivity index (χ1) is 7.88. The third kappa shape index (κ3) is 5.28. The van der Waals surface area contributed by atoms with Gasteiger partial charge in [0.05, 0.1) is 6.61 Å². The molecule has 1 aliphatic heterocycles. The molecular formula is C13H27NO2. The number of hydrogen-bond donors (Lipinski definition) is 1. The van der Waals surface area contributed by atoms with E-state index in [1.807, 2.05) is 0 Å². The van der Waals surface area contributed by atoms with Crippen molar-refractivity contribution in [3.05, 3.63) is 0 Å². The minimum Gasteiger partial charge on any atom is -0.381 e. The van der Waals surface area contributed by atoms with E-state index < -0.39 is 0 Å². The van der Waals surface area contributed by atoms with Crippen molar-refractivity contribution < 1.29 is 9.47 Å². The van der Waals surface area contributed by atoms with Crippen molar-refractivity contribution in [1.29, 1.82) is 0 Å². The highest BCUT2D eigenvalue weighted by atomic mass is 16.5. The molecule has 1 heterocycles. The summed E-state index contributed by atoms with van der Waals surface area (Å²) in [4.78, 5) is 0. The normalized spacial score (nSPS) is 19.9. The summed E-state index contributed by atoms with van der Waals surface area (Å²) in [7, 11) is 0. The number of rotatable bonds is 8. The van der Waals surface area contributed by atoms with Crippen LogP contribution < -0.4 is 5.32 Å². The summed E-state index contributed by atoms with van der Waals surface area (Å²) in [5.41, 5.74) is 0. The standard InChI is InChI=1S/C13H27NO2/c1-3-7-14-13(11-16-8-4-2)12-5-9-15-10-6-12/h12-14H,3-11H2,1-2H3. The van der Waals surface area contributed by atoms with Gasteiger partial charge in [-0.15, -0.1) is 0 Å². The first-order valence-electron chi connectivity index (χ1n) is 6.77. The predicted octanol–water partition coefficient (Wildman–Crippen LogP) is 2.21. The number of ether oxygens (including phenoxy) is 2. The number of hydrogen-bond acceptors (Lipinski definition) is 3. The monoisotopic (exact) mass is 229 g/mol. The zero-order valence-corrected chi connectivity index (χ0v) is 10.8. The highest BCUT2D eigenvalue weighted by Crippen LogP contribution is 2.19. The maximum Gasteiger partial charge on any atom is 0.0622 e. The highest BCUT2D eigenvalue weighted by Gasteiger charge is 2.23. The molecule has 3 heteroatoms. The Hall–Kier alpha value is -0.120. The van der Waals surface area contributed by atoms with E-state index in [4.69, 9.17) is 9.47 Å². The van der Waals surface area contributed by atoms with Crippen LogP contribution in [0.15, 0.2) is 0 Å². The van der Waals surface area contributed by atoms with Gasteiger partial charge in [-0.05, 0) is 38.1 Å². The van der Waals surface area contributed by atoms with Crippen LogP contribution in [0.3, 0.4) is 0 Å². The van der Waals surface area contributed by atoms with Crippen LogP contribution in [0.5, 0.6) is 0 Å².